The van der Waals surface area contributed by atoms with Gasteiger partial charge in [0.1, 0.15) is 0 Å². The lowest BCUT2D eigenvalue weighted by Crippen LogP contribution is -2.07. The minimum absolute atomic E-state index is 0.118. The zero-order chi connectivity index (χ0) is 16.9. The van der Waals surface area contributed by atoms with E-state index < -0.39 is 0 Å². The highest BCUT2D eigenvalue weighted by Gasteiger charge is 2.15. The molecule has 0 unspecified atom stereocenters. The van der Waals surface area contributed by atoms with Gasteiger partial charge in [0.25, 0.3) is 0 Å². The number of hydrogen-bond donors (Lipinski definition) is 2. The SMILES string of the molecule is C(=Cc1ccccc1)C1=C[C@H](c2ccccc2)Nc2ccccc2N1. The van der Waals surface area contributed by atoms with Gasteiger partial charge in [-0.1, -0.05) is 78.9 Å². The molecule has 0 aromatic heterocycles. The second kappa shape index (κ2) is 7.10. The normalized spacial score (nSPS) is 16.3. The van der Waals surface area contributed by atoms with Gasteiger partial charge in [-0.05, 0) is 35.4 Å². The van der Waals surface area contributed by atoms with Gasteiger partial charge in [0.15, 0.2) is 0 Å². The Morgan fingerprint density at radius 2 is 1.28 bits per heavy atom. The molecule has 2 nitrogen and oxygen atoms in total. The first-order valence-corrected chi connectivity index (χ1v) is 8.51. The van der Waals surface area contributed by atoms with E-state index in [0.717, 1.165) is 17.1 Å². The van der Waals surface area contributed by atoms with Gasteiger partial charge >= 0.3 is 0 Å². The molecule has 1 atom stereocenters. The summed E-state index contributed by atoms with van der Waals surface area (Å²) >= 11 is 0. The first kappa shape index (κ1) is 15.3. The minimum Gasteiger partial charge on any atom is -0.373 e. The van der Waals surface area contributed by atoms with E-state index in [1.54, 1.807) is 0 Å². The lowest BCUT2D eigenvalue weighted by atomic mass is 10.1. The predicted molar refractivity (Wildman–Crippen MR) is 106 cm³/mol. The van der Waals surface area contributed by atoms with Crippen LogP contribution in [0.2, 0.25) is 0 Å². The number of nitrogens with one attached hydrogen (secondary N) is 2. The molecule has 0 radical (unpaired) electrons. The van der Waals surface area contributed by atoms with Gasteiger partial charge in [0, 0.05) is 5.70 Å². The Morgan fingerprint density at radius 3 is 2.04 bits per heavy atom. The summed E-state index contributed by atoms with van der Waals surface area (Å²) < 4.78 is 0. The highest BCUT2D eigenvalue weighted by Crippen LogP contribution is 2.32. The molecule has 122 valence electrons. The molecule has 0 saturated carbocycles. The van der Waals surface area contributed by atoms with Crippen LogP contribution >= 0.6 is 0 Å². The van der Waals surface area contributed by atoms with E-state index in [2.05, 4.69) is 102 Å². The zero-order valence-electron chi connectivity index (χ0n) is 13.9. The van der Waals surface area contributed by atoms with Crippen molar-refractivity contribution in [3.05, 3.63) is 114 Å². The molecule has 25 heavy (non-hydrogen) atoms. The van der Waals surface area contributed by atoms with Gasteiger partial charge in [-0.15, -0.1) is 0 Å². The maximum absolute atomic E-state index is 3.63. The molecule has 0 aliphatic carbocycles. The lowest BCUT2D eigenvalue weighted by molar-refractivity contribution is 0.985. The van der Waals surface area contributed by atoms with Crippen molar-refractivity contribution < 1.29 is 0 Å². The average molecular weight is 324 g/mol. The molecular weight excluding hydrogens is 304 g/mol. The molecule has 0 saturated heterocycles. The van der Waals surface area contributed by atoms with E-state index in [9.17, 15) is 0 Å². The Morgan fingerprint density at radius 1 is 0.640 bits per heavy atom. The quantitative estimate of drug-likeness (QED) is 0.630. The maximum Gasteiger partial charge on any atom is 0.0721 e. The molecule has 1 heterocycles. The van der Waals surface area contributed by atoms with E-state index in [0.29, 0.717) is 0 Å². The number of allylic oxidation sites excluding steroid dienone is 1. The zero-order valence-corrected chi connectivity index (χ0v) is 13.9. The van der Waals surface area contributed by atoms with Crippen molar-refractivity contribution in [3.8, 4) is 0 Å². The largest absolute Gasteiger partial charge is 0.373 e. The molecule has 1 aliphatic heterocycles. The highest BCUT2D eigenvalue weighted by molar-refractivity contribution is 5.74. The van der Waals surface area contributed by atoms with Gasteiger partial charge in [-0.3, -0.25) is 0 Å². The third-order valence-corrected chi connectivity index (χ3v) is 4.28. The average Bonchev–Trinajstić information content (AvgIpc) is 2.87. The van der Waals surface area contributed by atoms with Crippen molar-refractivity contribution in [3.63, 3.8) is 0 Å². The number of rotatable bonds is 3. The first-order chi connectivity index (χ1) is 12.4. The molecule has 0 bridgehead atoms. The first-order valence-electron chi connectivity index (χ1n) is 8.51. The molecular formula is C23H20N2. The highest BCUT2D eigenvalue weighted by atomic mass is 15.0. The van der Waals surface area contributed by atoms with E-state index >= 15 is 0 Å². The van der Waals surface area contributed by atoms with Crippen molar-refractivity contribution in [1.29, 1.82) is 0 Å². The maximum atomic E-state index is 3.63. The molecule has 3 aromatic carbocycles. The lowest BCUT2D eigenvalue weighted by Gasteiger charge is -2.16. The van der Waals surface area contributed by atoms with Crippen LogP contribution in [0, 0.1) is 0 Å². The smallest absolute Gasteiger partial charge is 0.0721 e. The minimum atomic E-state index is 0.118. The third kappa shape index (κ3) is 3.64. The van der Waals surface area contributed by atoms with Crippen LogP contribution < -0.4 is 10.6 Å². The van der Waals surface area contributed by atoms with Crippen LogP contribution in [0.5, 0.6) is 0 Å². The second-order valence-corrected chi connectivity index (χ2v) is 6.07. The summed E-state index contributed by atoms with van der Waals surface area (Å²) in [6.45, 7) is 0. The number of hydrogen-bond acceptors (Lipinski definition) is 2. The number of fused-ring (bicyclic) bond motifs is 1. The van der Waals surface area contributed by atoms with E-state index in [1.165, 1.54) is 11.1 Å². The van der Waals surface area contributed by atoms with Gasteiger partial charge < -0.3 is 10.6 Å². The van der Waals surface area contributed by atoms with Crippen LogP contribution in [-0.2, 0) is 0 Å². The van der Waals surface area contributed by atoms with Crippen molar-refractivity contribution in [2.45, 2.75) is 6.04 Å². The van der Waals surface area contributed by atoms with Crippen molar-refractivity contribution in [1.82, 2.24) is 0 Å². The van der Waals surface area contributed by atoms with Crippen molar-refractivity contribution >= 4 is 17.5 Å². The van der Waals surface area contributed by atoms with Gasteiger partial charge in [0.05, 0.1) is 17.4 Å². The molecule has 0 spiro atoms. The summed E-state index contributed by atoms with van der Waals surface area (Å²) in [5, 5.41) is 7.17. The van der Waals surface area contributed by atoms with E-state index in [-0.39, 0.29) is 6.04 Å². The number of anilines is 2. The molecule has 3 aromatic rings. The van der Waals surface area contributed by atoms with Crippen LogP contribution in [0.15, 0.2) is 103 Å². The third-order valence-electron chi connectivity index (χ3n) is 4.28. The summed E-state index contributed by atoms with van der Waals surface area (Å²) in [6.07, 6.45) is 6.50. The molecule has 0 amide bonds. The Kier molecular flexibility index (Phi) is 4.34. The summed E-state index contributed by atoms with van der Waals surface area (Å²) in [7, 11) is 0. The van der Waals surface area contributed by atoms with Gasteiger partial charge in [-0.25, -0.2) is 0 Å². The van der Waals surface area contributed by atoms with Crippen LogP contribution in [0.4, 0.5) is 11.4 Å². The standard InChI is InChI=1S/C23H20N2/c1-3-9-18(10-4-1)15-16-20-17-23(19-11-5-2-6-12-19)25-22-14-8-7-13-21(22)24-20/h1-17,23-25H/t23-/m1/s1. The summed E-state index contributed by atoms with van der Waals surface area (Å²) in [4.78, 5) is 0. The molecule has 2 N–H and O–H groups in total. The fourth-order valence-electron chi connectivity index (χ4n) is 2.99. The van der Waals surface area contributed by atoms with E-state index in [1.807, 2.05) is 12.1 Å². The van der Waals surface area contributed by atoms with Gasteiger partial charge in [-0.2, -0.15) is 0 Å². The van der Waals surface area contributed by atoms with Gasteiger partial charge in [0.2, 0.25) is 0 Å². The Balaban J connectivity index is 1.70. The fourth-order valence-corrected chi connectivity index (χ4v) is 2.99. The van der Waals surface area contributed by atoms with Crippen molar-refractivity contribution in [2.24, 2.45) is 0 Å². The molecule has 4 rings (SSSR count). The van der Waals surface area contributed by atoms with Crippen LogP contribution in [0.25, 0.3) is 6.08 Å². The Bertz CT molecular complexity index is 896. The molecule has 1 aliphatic rings. The molecule has 2 heteroatoms. The fraction of sp³-hybridized carbons (Fsp3) is 0.0435. The summed E-state index contributed by atoms with van der Waals surface area (Å²) in [5.74, 6) is 0. The monoisotopic (exact) mass is 324 g/mol. The topological polar surface area (TPSA) is 24.1 Å². The summed E-state index contributed by atoms with van der Waals surface area (Å²) in [5.41, 5.74) is 5.70. The number of benzene rings is 3. The van der Waals surface area contributed by atoms with Crippen LogP contribution in [0.1, 0.15) is 17.2 Å². The van der Waals surface area contributed by atoms with Crippen molar-refractivity contribution in [2.75, 3.05) is 10.6 Å². The van der Waals surface area contributed by atoms with Crippen LogP contribution in [0.3, 0.4) is 0 Å². The van der Waals surface area contributed by atoms with Crippen LogP contribution in [-0.4, -0.2) is 0 Å². The Hall–Kier alpha value is -3.26. The second-order valence-electron chi connectivity index (χ2n) is 6.07. The Labute approximate surface area is 148 Å². The number of para-hydroxylation sites is 2. The molecule has 0 fully saturated rings. The predicted octanol–water partition coefficient (Wildman–Crippen LogP) is 5.86. The summed E-state index contributed by atoms with van der Waals surface area (Å²) in [6, 6.07) is 29.3. The van der Waals surface area contributed by atoms with E-state index in [4.69, 9.17) is 0 Å².